The summed E-state index contributed by atoms with van der Waals surface area (Å²) in [4.78, 5) is 17.2. The quantitative estimate of drug-likeness (QED) is 0.311. The summed E-state index contributed by atoms with van der Waals surface area (Å²) < 4.78 is 34.0. The number of carbonyl (C=O) groups is 1. The Kier molecular flexibility index (Phi) is 8.12. The molecule has 0 radical (unpaired) electrons. The van der Waals surface area contributed by atoms with Crippen LogP contribution >= 0.6 is 11.5 Å². The molecule has 9 heteroatoms. The predicted octanol–water partition coefficient (Wildman–Crippen LogP) is 5.36. The van der Waals surface area contributed by atoms with E-state index in [1.165, 1.54) is 12.1 Å². The van der Waals surface area contributed by atoms with Gasteiger partial charge >= 0.3 is 0 Å². The van der Waals surface area contributed by atoms with Gasteiger partial charge in [0.05, 0.1) is 14.2 Å². The third-order valence-corrected chi connectivity index (χ3v) is 6.15. The molecule has 1 heterocycles. The lowest BCUT2D eigenvalue weighted by molar-refractivity contribution is 0.0954. The number of aromatic nitrogens is 2. The summed E-state index contributed by atoms with van der Waals surface area (Å²) in [5.41, 5.74) is 3.28. The fourth-order valence-corrected chi connectivity index (χ4v) is 4.10. The topological polar surface area (TPSA) is 82.6 Å². The van der Waals surface area contributed by atoms with Gasteiger partial charge in [-0.3, -0.25) is 4.79 Å². The molecule has 0 saturated heterocycles. The van der Waals surface area contributed by atoms with Crippen LogP contribution in [0.15, 0.2) is 60.7 Å². The second kappa shape index (κ2) is 11.6. The minimum atomic E-state index is -0.283. The van der Waals surface area contributed by atoms with Crippen molar-refractivity contribution in [2.24, 2.45) is 0 Å². The number of nitrogens with one attached hydrogen (secondary N) is 1. The molecule has 1 amide bonds. The summed E-state index contributed by atoms with van der Waals surface area (Å²) in [6.07, 6.45) is 1.12. The molecule has 0 bridgehead atoms. The van der Waals surface area contributed by atoms with Gasteiger partial charge in [0.15, 0.2) is 17.3 Å². The lowest BCUT2D eigenvalue weighted by atomic mass is 10.1. The minimum absolute atomic E-state index is 0.199. The molecule has 3 aromatic carbocycles. The van der Waals surface area contributed by atoms with E-state index in [-0.39, 0.29) is 11.7 Å². The van der Waals surface area contributed by atoms with Gasteiger partial charge in [-0.15, -0.1) is 0 Å². The standard InChI is InChI=1S/C27H26FN3O4S/c1-17-4-8-20(26(32)29-13-12-19-7-11-22(33-2)24(14-19)34-3)16-23(17)35-27-30-25(31-36-27)15-18-5-9-21(28)10-6-18/h4-11,14,16H,12-13,15H2,1-3H3,(H,29,32). The van der Waals surface area contributed by atoms with Gasteiger partial charge < -0.3 is 19.5 Å². The molecule has 0 saturated carbocycles. The van der Waals surface area contributed by atoms with E-state index in [0.29, 0.717) is 53.2 Å². The third-order valence-electron chi connectivity index (χ3n) is 5.52. The highest BCUT2D eigenvalue weighted by Gasteiger charge is 2.13. The monoisotopic (exact) mass is 507 g/mol. The Balaban J connectivity index is 1.36. The van der Waals surface area contributed by atoms with Gasteiger partial charge in [-0.25, -0.2) is 4.39 Å². The fourth-order valence-electron chi connectivity index (χ4n) is 3.54. The number of nitrogens with zero attached hydrogens (tertiary/aromatic N) is 2. The van der Waals surface area contributed by atoms with Gasteiger partial charge in [0.25, 0.3) is 11.1 Å². The molecule has 0 aliphatic carbocycles. The average molecular weight is 508 g/mol. The molecule has 36 heavy (non-hydrogen) atoms. The number of carbonyl (C=O) groups excluding carboxylic acids is 1. The molecule has 0 unspecified atom stereocenters. The number of amides is 1. The highest BCUT2D eigenvalue weighted by molar-refractivity contribution is 7.07. The highest BCUT2D eigenvalue weighted by Crippen LogP contribution is 2.29. The molecule has 4 aromatic rings. The second-order valence-corrected chi connectivity index (χ2v) is 8.77. The van der Waals surface area contributed by atoms with Gasteiger partial charge in [0, 0.05) is 30.1 Å². The highest BCUT2D eigenvalue weighted by atomic mass is 32.1. The van der Waals surface area contributed by atoms with Crippen molar-refractivity contribution in [2.45, 2.75) is 19.8 Å². The van der Waals surface area contributed by atoms with Crippen LogP contribution < -0.4 is 19.5 Å². The van der Waals surface area contributed by atoms with Crippen LogP contribution in [0.4, 0.5) is 4.39 Å². The van der Waals surface area contributed by atoms with Crippen molar-refractivity contribution in [3.63, 3.8) is 0 Å². The molecule has 186 valence electrons. The summed E-state index contributed by atoms with van der Waals surface area (Å²) >= 11 is 1.13. The predicted molar refractivity (Wildman–Crippen MR) is 136 cm³/mol. The maximum absolute atomic E-state index is 13.1. The molecule has 1 N–H and O–H groups in total. The molecule has 4 rings (SSSR count). The maximum atomic E-state index is 13.1. The van der Waals surface area contributed by atoms with Gasteiger partial charge in [0.2, 0.25) is 0 Å². The van der Waals surface area contributed by atoms with Crippen molar-refractivity contribution >= 4 is 17.4 Å². The van der Waals surface area contributed by atoms with Crippen LogP contribution in [0.25, 0.3) is 0 Å². The van der Waals surface area contributed by atoms with Crippen molar-refractivity contribution in [1.29, 1.82) is 0 Å². The Hall–Kier alpha value is -3.98. The summed E-state index contributed by atoms with van der Waals surface area (Å²) in [7, 11) is 3.18. The number of benzene rings is 3. The Morgan fingerprint density at radius 3 is 2.44 bits per heavy atom. The number of hydrogen-bond donors (Lipinski definition) is 1. The Bertz CT molecular complexity index is 1340. The van der Waals surface area contributed by atoms with E-state index in [0.717, 1.165) is 28.2 Å². The van der Waals surface area contributed by atoms with Gasteiger partial charge in [-0.2, -0.15) is 9.36 Å². The molecular weight excluding hydrogens is 481 g/mol. The Morgan fingerprint density at radius 1 is 0.944 bits per heavy atom. The van der Waals surface area contributed by atoms with Gasteiger partial charge in [0.1, 0.15) is 11.6 Å². The second-order valence-electron chi connectivity index (χ2n) is 8.06. The van der Waals surface area contributed by atoms with E-state index in [1.54, 1.807) is 38.5 Å². The smallest absolute Gasteiger partial charge is 0.298 e. The average Bonchev–Trinajstić information content (AvgIpc) is 3.33. The van der Waals surface area contributed by atoms with Crippen molar-refractivity contribution in [1.82, 2.24) is 14.7 Å². The van der Waals surface area contributed by atoms with Crippen molar-refractivity contribution in [3.8, 4) is 22.4 Å². The van der Waals surface area contributed by atoms with Crippen LogP contribution in [0.3, 0.4) is 0 Å². The summed E-state index contributed by atoms with van der Waals surface area (Å²) in [6, 6.07) is 17.2. The van der Waals surface area contributed by atoms with Crippen LogP contribution in [0.1, 0.15) is 32.9 Å². The molecule has 0 spiro atoms. The number of hydrogen-bond acceptors (Lipinski definition) is 7. The van der Waals surface area contributed by atoms with E-state index in [4.69, 9.17) is 14.2 Å². The third kappa shape index (κ3) is 6.37. The number of rotatable bonds is 10. The SMILES string of the molecule is COc1ccc(CCNC(=O)c2ccc(C)c(Oc3nc(Cc4ccc(F)cc4)ns3)c2)cc1OC. The van der Waals surface area contributed by atoms with Gasteiger partial charge in [-0.05, 0) is 66.4 Å². The lowest BCUT2D eigenvalue weighted by Gasteiger charge is -2.11. The molecule has 0 atom stereocenters. The zero-order chi connectivity index (χ0) is 25.5. The summed E-state index contributed by atoms with van der Waals surface area (Å²) in [6.45, 7) is 2.36. The fraction of sp³-hybridized carbons (Fsp3) is 0.222. The van der Waals surface area contributed by atoms with Crippen molar-refractivity contribution in [3.05, 3.63) is 94.6 Å². The van der Waals surface area contributed by atoms with Crippen LogP contribution in [0.5, 0.6) is 22.4 Å². The first kappa shape index (κ1) is 25.1. The van der Waals surface area contributed by atoms with E-state index in [9.17, 15) is 9.18 Å². The van der Waals surface area contributed by atoms with Crippen LogP contribution in [-0.2, 0) is 12.8 Å². The van der Waals surface area contributed by atoms with E-state index < -0.39 is 0 Å². The molecule has 7 nitrogen and oxygen atoms in total. The van der Waals surface area contributed by atoms with Crippen molar-refractivity contribution < 1.29 is 23.4 Å². The summed E-state index contributed by atoms with van der Waals surface area (Å²) in [5.74, 6) is 1.95. The molecular formula is C27H26FN3O4S. The number of aryl methyl sites for hydroxylation is 1. The van der Waals surface area contributed by atoms with E-state index >= 15 is 0 Å². The lowest BCUT2D eigenvalue weighted by Crippen LogP contribution is -2.25. The molecule has 1 aromatic heterocycles. The van der Waals surface area contributed by atoms with Crippen molar-refractivity contribution in [2.75, 3.05) is 20.8 Å². The largest absolute Gasteiger partial charge is 0.493 e. The van der Waals surface area contributed by atoms with Crippen LogP contribution in [0, 0.1) is 12.7 Å². The van der Waals surface area contributed by atoms with Crippen LogP contribution in [-0.4, -0.2) is 36.0 Å². The van der Waals surface area contributed by atoms with E-state index in [2.05, 4.69) is 14.7 Å². The number of ether oxygens (including phenoxy) is 3. The van der Waals surface area contributed by atoms with E-state index in [1.807, 2.05) is 31.2 Å². The first-order chi connectivity index (χ1) is 17.4. The van der Waals surface area contributed by atoms with Crippen LogP contribution in [0.2, 0.25) is 0 Å². The normalized spacial score (nSPS) is 10.7. The first-order valence-electron chi connectivity index (χ1n) is 11.3. The summed E-state index contributed by atoms with van der Waals surface area (Å²) in [5, 5.41) is 3.32. The number of methoxy groups -OCH3 is 2. The zero-order valence-corrected chi connectivity index (χ0v) is 21.0. The first-order valence-corrected chi connectivity index (χ1v) is 12.1. The van der Waals surface area contributed by atoms with Gasteiger partial charge in [-0.1, -0.05) is 24.3 Å². The minimum Gasteiger partial charge on any atom is -0.493 e. The molecule has 0 fully saturated rings. The number of halogens is 1. The zero-order valence-electron chi connectivity index (χ0n) is 20.2. The molecule has 0 aliphatic heterocycles. The molecule has 0 aliphatic rings. The Labute approximate surface area is 213 Å². The Morgan fingerprint density at radius 2 is 1.69 bits per heavy atom. The maximum Gasteiger partial charge on any atom is 0.298 e.